The standard InChI is InChI=1S/C15H17FN2O3/c1-15(8-6-13(19)17-15)14(20)18-12(7-9-21-18)10-2-4-11(16)5-3-10/h2-5,12H,6-9H2,1H3,(H,17,19)/t12-,15-/m0/s1. The second kappa shape index (κ2) is 5.11. The monoisotopic (exact) mass is 292 g/mol. The summed E-state index contributed by atoms with van der Waals surface area (Å²) in [5.74, 6) is -0.686. The first-order chi connectivity index (χ1) is 9.99. The lowest BCUT2D eigenvalue weighted by Crippen LogP contribution is -2.53. The molecule has 112 valence electrons. The first-order valence-corrected chi connectivity index (χ1v) is 7.03. The predicted octanol–water partition coefficient (Wildman–Crippen LogP) is 1.70. The zero-order valence-corrected chi connectivity index (χ0v) is 11.8. The van der Waals surface area contributed by atoms with Crippen molar-refractivity contribution < 1.29 is 18.8 Å². The van der Waals surface area contributed by atoms with Crippen LogP contribution in [-0.4, -0.2) is 29.0 Å². The molecule has 6 heteroatoms. The fraction of sp³-hybridized carbons (Fsp3) is 0.467. The summed E-state index contributed by atoms with van der Waals surface area (Å²) in [6, 6.07) is 5.81. The van der Waals surface area contributed by atoms with E-state index in [1.807, 2.05) is 0 Å². The quantitative estimate of drug-likeness (QED) is 0.902. The lowest BCUT2D eigenvalue weighted by Gasteiger charge is -2.31. The first kappa shape index (κ1) is 14.0. The molecule has 1 N–H and O–H groups in total. The molecule has 0 saturated carbocycles. The number of carbonyl (C=O) groups excluding carboxylic acids is 2. The van der Waals surface area contributed by atoms with Gasteiger partial charge in [-0.3, -0.25) is 14.4 Å². The van der Waals surface area contributed by atoms with Crippen LogP contribution in [0, 0.1) is 5.82 Å². The Morgan fingerprint density at radius 3 is 2.76 bits per heavy atom. The van der Waals surface area contributed by atoms with Crippen molar-refractivity contribution in [3.63, 3.8) is 0 Å². The highest BCUT2D eigenvalue weighted by atomic mass is 19.1. The number of hydroxylamine groups is 2. The Morgan fingerprint density at radius 1 is 1.43 bits per heavy atom. The molecular formula is C15H17FN2O3. The Hall–Kier alpha value is -1.95. The van der Waals surface area contributed by atoms with Gasteiger partial charge in [0.1, 0.15) is 11.4 Å². The van der Waals surface area contributed by atoms with Gasteiger partial charge in [-0.25, -0.2) is 9.45 Å². The molecule has 0 aliphatic carbocycles. The van der Waals surface area contributed by atoms with E-state index in [2.05, 4.69) is 5.32 Å². The molecular weight excluding hydrogens is 275 g/mol. The third-order valence-electron chi connectivity index (χ3n) is 4.10. The Morgan fingerprint density at radius 2 is 2.14 bits per heavy atom. The molecule has 2 aliphatic heterocycles. The van der Waals surface area contributed by atoms with E-state index < -0.39 is 5.54 Å². The lowest BCUT2D eigenvalue weighted by atomic mass is 9.97. The first-order valence-electron chi connectivity index (χ1n) is 7.03. The molecule has 5 nitrogen and oxygen atoms in total. The molecule has 0 bridgehead atoms. The van der Waals surface area contributed by atoms with Crippen LogP contribution in [0.5, 0.6) is 0 Å². The van der Waals surface area contributed by atoms with E-state index in [1.165, 1.54) is 17.2 Å². The van der Waals surface area contributed by atoms with Gasteiger partial charge in [-0.15, -0.1) is 0 Å². The van der Waals surface area contributed by atoms with Gasteiger partial charge in [-0.05, 0) is 31.0 Å². The van der Waals surface area contributed by atoms with Crippen LogP contribution in [0.1, 0.15) is 37.8 Å². The van der Waals surface area contributed by atoms with E-state index in [-0.39, 0.29) is 23.7 Å². The van der Waals surface area contributed by atoms with Crippen LogP contribution in [0.25, 0.3) is 0 Å². The fourth-order valence-corrected chi connectivity index (χ4v) is 2.86. The predicted molar refractivity (Wildman–Crippen MR) is 72.3 cm³/mol. The van der Waals surface area contributed by atoms with Crippen molar-refractivity contribution in [2.75, 3.05) is 6.61 Å². The third-order valence-corrected chi connectivity index (χ3v) is 4.10. The summed E-state index contributed by atoms with van der Waals surface area (Å²) in [6.07, 6.45) is 1.46. The average Bonchev–Trinajstić information content (AvgIpc) is 3.06. The van der Waals surface area contributed by atoms with Crippen LogP contribution in [0.15, 0.2) is 24.3 Å². The highest BCUT2D eigenvalue weighted by Crippen LogP contribution is 2.34. The molecule has 2 aliphatic rings. The van der Waals surface area contributed by atoms with Gasteiger partial charge in [0.15, 0.2) is 0 Å². The molecule has 21 heavy (non-hydrogen) atoms. The van der Waals surface area contributed by atoms with E-state index in [1.54, 1.807) is 19.1 Å². The van der Waals surface area contributed by atoms with Crippen molar-refractivity contribution in [3.8, 4) is 0 Å². The van der Waals surface area contributed by atoms with E-state index in [0.717, 1.165) is 5.56 Å². The minimum absolute atomic E-state index is 0.122. The van der Waals surface area contributed by atoms with Gasteiger partial charge in [0.25, 0.3) is 5.91 Å². The van der Waals surface area contributed by atoms with Crippen molar-refractivity contribution in [2.45, 2.75) is 37.8 Å². The largest absolute Gasteiger partial charge is 0.342 e. The van der Waals surface area contributed by atoms with Gasteiger partial charge < -0.3 is 5.32 Å². The van der Waals surface area contributed by atoms with Crippen molar-refractivity contribution in [2.24, 2.45) is 0 Å². The molecule has 0 unspecified atom stereocenters. The highest BCUT2D eigenvalue weighted by Gasteiger charge is 2.46. The Kier molecular flexibility index (Phi) is 3.41. The van der Waals surface area contributed by atoms with Crippen molar-refractivity contribution >= 4 is 11.8 Å². The maximum absolute atomic E-state index is 13.0. The maximum atomic E-state index is 13.0. The van der Waals surface area contributed by atoms with E-state index in [0.29, 0.717) is 25.9 Å². The number of hydrogen-bond donors (Lipinski definition) is 1. The zero-order chi connectivity index (χ0) is 15.0. The van der Waals surface area contributed by atoms with Crippen LogP contribution < -0.4 is 5.32 Å². The maximum Gasteiger partial charge on any atom is 0.272 e. The fourth-order valence-electron chi connectivity index (χ4n) is 2.86. The van der Waals surface area contributed by atoms with E-state index in [4.69, 9.17) is 4.84 Å². The second-order valence-electron chi connectivity index (χ2n) is 5.70. The lowest BCUT2D eigenvalue weighted by molar-refractivity contribution is -0.183. The van der Waals surface area contributed by atoms with Crippen molar-refractivity contribution in [3.05, 3.63) is 35.6 Å². The molecule has 2 atom stereocenters. The summed E-state index contributed by atoms with van der Waals surface area (Å²) >= 11 is 0. The van der Waals surface area contributed by atoms with Crippen LogP contribution >= 0.6 is 0 Å². The number of halogens is 1. The summed E-state index contributed by atoms with van der Waals surface area (Å²) < 4.78 is 13.0. The van der Waals surface area contributed by atoms with Crippen LogP contribution in [0.4, 0.5) is 4.39 Å². The minimum atomic E-state index is -0.917. The Labute approximate surface area is 122 Å². The number of carbonyl (C=O) groups is 2. The topological polar surface area (TPSA) is 58.6 Å². The summed E-state index contributed by atoms with van der Waals surface area (Å²) in [4.78, 5) is 29.5. The number of nitrogens with one attached hydrogen (secondary N) is 1. The Bertz CT molecular complexity index is 575. The van der Waals surface area contributed by atoms with Gasteiger partial charge in [0.05, 0.1) is 12.6 Å². The second-order valence-corrected chi connectivity index (χ2v) is 5.70. The average molecular weight is 292 g/mol. The van der Waals surface area contributed by atoms with E-state index in [9.17, 15) is 14.0 Å². The molecule has 2 heterocycles. The SMILES string of the molecule is C[C@@]1(C(=O)N2OCC[C@H]2c2ccc(F)cc2)CCC(=O)N1. The molecule has 2 amide bonds. The highest BCUT2D eigenvalue weighted by molar-refractivity contribution is 5.94. The van der Waals surface area contributed by atoms with Crippen molar-refractivity contribution in [1.82, 2.24) is 10.4 Å². The number of amides is 2. The summed E-state index contributed by atoms with van der Waals surface area (Å²) in [7, 11) is 0. The van der Waals surface area contributed by atoms with Crippen molar-refractivity contribution in [1.29, 1.82) is 0 Å². The molecule has 2 fully saturated rings. The molecule has 2 saturated heterocycles. The summed E-state index contributed by atoms with van der Waals surface area (Å²) in [5.41, 5.74) is -0.0881. The third kappa shape index (κ3) is 2.51. The van der Waals surface area contributed by atoms with Crippen LogP contribution in [0.3, 0.4) is 0 Å². The molecule has 3 rings (SSSR count). The van der Waals surface area contributed by atoms with Gasteiger partial charge in [0.2, 0.25) is 5.91 Å². The number of hydrogen-bond acceptors (Lipinski definition) is 3. The smallest absolute Gasteiger partial charge is 0.272 e. The molecule has 0 aromatic heterocycles. The van der Waals surface area contributed by atoms with E-state index >= 15 is 0 Å². The molecule has 1 aromatic carbocycles. The summed E-state index contributed by atoms with van der Waals surface area (Å²) in [5, 5.41) is 4.05. The van der Waals surface area contributed by atoms with Gasteiger partial charge >= 0.3 is 0 Å². The summed E-state index contributed by atoms with van der Waals surface area (Å²) in [6.45, 7) is 2.14. The van der Waals surface area contributed by atoms with Gasteiger partial charge in [-0.1, -0.05) is 12.1 Å². The van der Waals surface area contributed by atoms with Crippen LogP contribution in [-0.2, 0) is 14.4 Å². The Balaban J connectivity index is 1.82. The number of nitrogens with zero attached hydrogens (tertiary/aromatic N) is 1. The van der Waals surface area contributed by atoms with Gasteiger partial charge in [-0.2, -0.15) is 0 Å². The van der Waals surface area contributed by atoms with Gasteiger partial charge in [0, 0.05) is 12.8 Å². The zero-order valence-electron chi connectivity index (χ0n) is 11.8. The number of benzene rings is 1. The normalized spacial score (nSPS) is 28.8. The minimum Gasteiger partial charge on any atom is -0.342 e. The molecule has 1 aromatic rings. The molecule has 0 spiro atoms. The number of rotatable bonds is 2. The van der Waals surface area contributed by atoms with Crippen LogP contribution in [0.2, 0.25) is 0 Å². The molecule has 0 radical (unpaired) electrons.